The molecule has 1 aromatic heterocycles. The van der Waals surface area contributed by atoms with Crippen LogP contribution >= 0.6 is 0 Å². The Labute approximate surface area is 78.0 Å². The maximum Gasteiger partial charge on any atom is 0.135 e. The molecule has 0 unspecified atom stereocenters. The van der Waals surface area contributed by atoms with Crippen molar-refractivity contribution in [2.75, 3.05) is 13.7 Å². The average molecular weight is 180 g/mol. The van der Waals surface area contributed by atoms with E-state index in [-0.39, 0.29) is 12.0 Å². The van der Waals surface area contributed by atoms with Gasteiger partial charge in [-0.15, -0.1) is 12.7 Å². The van der Waals surface area contributed by atoms with Crippen molar-refractivity contribution < 1.29 is 5.11 Å². The zero-order chi connectivity index (χ0) is 9.90. The van der Waals surface area contributed by atoms with E-state index in [4.69, 9.17) is 5.11 Å². The van der Waals surface area contributed by atoms with Crippen LogP contribution in [0.25, 0.3) is 5.32 Å². The van der Waals surface area contributed by atoms with Crippen LogP contribution in [0.1, 0.15) is 19.7 Å². The maximum absolute atomic E-state index is 9.07. The van der Waals surface area contributed by atoms with Crippen molar-refractivity contribution in [2.45, 2.75) is 19.3 Å². The fourth-order valence-corrected chi connectivity index (χ4v) is 0.857. The molecule has 0 radical (unpaired) electrons. The Morgan fingerprint density at radius 3 is 2.31 bits per heavy atom. The molecule has 0 atom stereocenters. The van der Waals surface area contributed by atoms with Crippen LogP contribution in [0.4, 0.5) is 5.69 Å². The smallest absolute Gasteiger partial charge is 0.135 e. The summed E-state index contributed by atoms with van der Waals surface area (Å²) in [5.74, 6) is 0.641. The molecule has 0 fully saturated rings. The predicted octanol–water partition coefficient (Wildman–Crippen LogP) is 1.38. The van der Waals surface area contributed by atoms with Gasteiger partial charge in [0.25, 0.3) is 0 Å². The molecule has 1 aromatic rings. The van der Waals surface area contributed by atoms with E-state index in [0.717, 1.165) is 5.69 Å². The molecule has 4 nitrogen and oxygen atoms in total. The van der Waals surface area contributed by atoms with Gasteiger partial charge in [0.05, 0.1) is 6.61 Å². The standard InChI is InChI=1S/C9H14N3O/c1-9(2,6-13)8-11-4-7(10-3)5-12-8/h4-5,13H,6H2,1-3H3/q-1. The summed E-state index contributed by atoms with van der Waals surface area (Å²) in [5.41, 5.74) is 0.365. The zero-order valence-corrected chi connectivity index (χ0v) is 8.15. The Kier molecular flexibility index (Phi) is 2.83. The van der Waals surface area contributed by atoms with Crippen molar-refractivity contribution in [3.63, 3.8) is 0 Å². The molecule has 4 heteroatoms. The molecule has 0 aliphatic carbocycles. The fraction of sp³-hybridized carbons (Fsp3) is 0.556. The number of rotatable bonds is 3. The van der Waals surface area contributed by atoms with Gasteiger partial charge in [-0.25, -0.2) is 9.97 Å². The number of nitrogens with zero attached hydrogens (tertiary/aromatic N) is 3. The molecular weight excluding hydrogens is 166 g/mol. The number of aromatic nitrogens is 2. The van der Waals surface area contributed by atoms with Gasteiger partial charge in [-0.1, -0.05) is 13.8 Å². The van der Waals surface area contributed by atoms with Gasteiger partial charge in [-0.05, 0) is 0 Å². The van der Waals surface area contributed by atoms with E-state index < -0.39 is 0 Å². The van der Waals surface area contributed by atoms with Gasteiger partial charge in [0.15, 0.2) is 0 Å². The second kappa shape index (κ2) is 3.70. The van der Waals surface area contributed by atoms with E-state index in [0.29, 0.717) is 5.82 Å². The molecule has 72 valence electrons. The highest BCUT2D eigenvalue weighted by atomic mass is 16.3. The van der Waals surface area contributed by atoms with Crippen LogP contribution in [-0.2, 0) is 5.41 Å². The van der Waals surface area contributed by atoms with Crippen molar-refractivity contribution in [3.8, 4) is 0 Å². The lowest BCUT2D eigenvalue weighted by atomic mass is 9.94. The summed E-state index contributed by atoms with van der Waals surface area (Å²) >= 11 is 0. The van der Waals surface area contributed by atoms with E-state index in [9.17, 15) is 0 Å². The summed E-state index contributed by atoms with van der Waals surface area (Å²) in [7, 11) is 1.69. The van der Waals surface area contributed by atoms with E-state index in [1.54, 1.807) is 19.4 Å². The lowest BCUT2D eigenvalue weighted by molar-refractivity contribution is 0.211. The van der Waals surface area contributed by atoms with Crippen molar-refractivity contribution in [1.82, 2.24) is 9.97 Å². The first-order valence-corrected chi connectivity index (χ1v) is 4.13. The summed E-state index contributed by atoms with van der Waals surface area (Å²) in [6.07, 6.45) is 3.31. The molecule has 0 spiro atoms. The van der Waals surface area contributed by atoms with E-state index in [1.165, 1.54) is 0 Å². The lowest BCUT2D eigenvalue weighted by Crippen LogP contribution is -2.24. The van der Waals surface area contributed by atoms with Crippen LogP contribution in [0.15, 0.2) is 12.4 Å². The molecule has 0 aromatic carbocycles. The Balaban J connectivity index is 2.92. The Morgan fingerprint density at radius 1 is 1.38 bits per heavy atom. The summed E-state index contributed by atoms with van der Waals surface area (Å²) in [4.78, 5) is 8.25. The van der Waals surface area contributed by atoms with Gasteiger partial charge in [0.2, 0.25) is 0 Å². The van der Waals surface area contributed by atoms with E-state index in [1.807, 2.05) is 13.8 Å². The lowest BCUT2D eigenvalue weighted by Gasteiger charge is -2.21. The monoisotopic (exact) mass is 180 g/mol. The SMILES string of the molecule is C[N-]c1cnc(C(C)(C)CO)nc1. The minimum absolute atomic E-state index is 0.0373. The average Bonchev–Trinajstić information content (AvgIpc) is 2.18. The van der Waals surface area contributed by atoms with Crippen molar-refractivity contribution in [1.29, 1.82) is 0 Å². The minimum Gasteiger partial charge on any atom is -0.684 e. The molecule has 0 saturated heterocycles. The zero-order valence-electron chi connectivity index (χ0n) is 8.15. The molecule has 0 bridgehead atoms. The van der Waals surface area contributed by atoms with Crippen LogP contribution in [0, 0.1) is 0 Å². The van der Waals surface area contributed by atoms with Gasteiger partial charge in [-0.2, -0.15) is 0 Å². The molecular formula is C9H14N3O-. The Bertz CT molecular complexity index is 269. The first-order chi connectivity index (χ1) is 6.10. The highest BCUT2D eigenvalue weighted by Gasteiger charge is 2.21. The van der Waals surface area contributed by atoms with Crippen LogP contribution in [0.5, 0.6) is 0 Å². The number of hydrogen-bond acceptors (Lipinski definition) is 3. The third kappa shape index (κ3) is 2.15. The Morgan fingerprint density at radius 2 is 1.92 bits per heavy atom. The summed E-state index contributed by atoms with van der Waals surface area (Å²) in [5, 5.41) is 13.0. The van der Waals surface area contributed by atoms with E-state index in [2.05, 4.69) is 15.3 Å². The minimum atomic E-state index is -0.383. The molecule has 1 heterocycles. The molecule has 0 amide bonds. The quantitative estimate of drug-likeness (QED) is 0.764. The normalized spacial score (nSPS) is 11.4. The topological polar surface area (TPSA) is 60.1 Å². The van der Waals surface area contributed by atoms with Gasteiger partial charge >= 0.3 is 0 Å². The largest absolute Gasteiger partial charge is 0.684 e. The van der Waals surface area contributed by atoms with Crippen molar-refractivity contribution >= 4 is 5.69 Å². The second-order valence-corrected chi connectivity index (χ2v) is 3.53. The highest BCUT2D eigenvalue weighted by Crippen LogP contribution is 2.20. The van der Waals surface area contributed by atoms with Gasteiger partial charge in [0.1, 0.15) is 5.82 Å². The van der Waals surface area contributed by atoms with Gasteiger partial charge in [0, 0.05) is 17.8 Å². The first kappa shape index (κ1) is 9.92. The van der Waals surface area contributed by atoms with Crippen LogP contribution in [0.2, 0.25) is 0 Å². The van der Waals surface area contributed by atoms with Gasteiger partial charge < -0.3 is 10.4 Å². The van der Waals surface area contributed by atoms with Crippen LogP contribution in [-0.4, -0.2) is 28.7 Å². The maximum atomic E-state index is 9.07. The van der Waals surface area contributed by atoms with E-state index >= 15 is 0 Å². The summed E-state index contributed by atoms with van der Waals surface area (Å²) < 4.78 is 0. The number of hydrogen-bond donors (Lipinski definition) is 1. The summed E-state index contributed by atoms with van der Waals surface area (Å²) in [6, 6.07) is 0. The molecule has 0 aliphatic heterocycles. The molecule has 1 rings (SSSR count). The molecule has 0 saturated carbocycles. The molecule has 1 N–H and O–H groups in total. The predicted molar refractivity (Wildman–Crippen MR) is 51.1 cm³/mol. The first-order valence-electron chi connectivity index (χ1n) is 4.13. The Hall–Kier alpha value is -1.16. The summed E-state index contributed by atoms with van der Waals surface area (Å²) in [6.45, 7) is 3.83. The molecule has 13 heavy (non-hydrogen) atoms. The van der Waals surface area contributed by atoms with Gasteiger partial charge in [-0.3, -0.25) is 0 Å². The van der Waals surface area contributed by atoms with Crippen molar-refractivity contribution in [3.05, 3.63) is 23.5 Å². The third-order valence-electron chi connectivity index (χ3n) is 1.90. The number of aliphatic hydroxyl groups excluding tert-OH is 1. The van der Waals surface area contributed by atoms with Crippen LogP contribution in [0.3, 0.4) is 0 Å². The highest BCUT2D eigenvalue weighted by molar-refractivity contribution is 5.42. The fourth-order valence-electron chi connectivity index (χ4n) is 0.857. The third-order valence-corrected chi connectivity index (χ3v) is 1.90. The second-order valence-electron chi connectivity index (χ2n) is 3.53. The molecule has 0 aliphatic rings. The number of aliphatic hydroxyl groups is 1. The van der Waals surface area contributed by atoms with Crippen LogP contribution < -0.4 is 0 Å². The van der Waals surface area contributed by atoms with Crippen molar-refractivity contribution in [2.24, 2.45) is 0 Å².